The van der Waals surface area contributed by atoms with Crippen molar-refractivity contribution >= 4 is 28.3 Å². The second-order valence-corrected chi connectivity index (χ2v) is 7.31. The zero-order valence-corrected chi connectivity index (χ0v) is 17.5. The molecule has 0 heterocycles. The fourth-order valence-corrected chi connectivity index (χ4v) is 3.44. The first-order chi connectivity index (χ1) is 14.5. The van der Waals surface area contributed by atoms with Gasteiger partial charge < -0.3 is 15.4 Å². The Morgan fingerprint density at radius 2 is 1.67 bits per heavy atom. The molecule has 30 heavy (non-hydrogen) atoms. The Morgan fingerprint density at radius 1 is 0.967 bits per heavy atom. The van der Waals surface area contributed by atoms with Gasteiger partial charge in [0, 0.05) is 11.8 Å². The summed E-state index contributed by atoms with van der Waals surface area (Å²) in [6.07, 6.45) is 0. The van der Waals surface area contributed by atoms with Gasteiger partial charge >= 0.3 is 0 Å². The predicted molar refractivity (Wildman–Crippen MR) is 120 cm³/mol. The molecule has 0 saturated carbocycles. The van der Waals surface area contributed by atoms with Crippen molar-refractivity contribution < 1.29 is 14.3 Å². The summed E-state index contributed by atoms with van der Waals surface area (Å²) in [7, 11) is 3.32. The van der Waals surface area contributed by atoms with Gasteiger partial charge in [0.05, 0.1) is 26.2 Å². The predicted octanol–water partition coefficient (Wildman–Crippen LogP) is 3.60. The second kappa shape index (κ2) is 9.89. The Hall–Kier alpha value is -3.38. The number of carbonyl (C=O) groups is 2. The Morgan fingerprint density at radius 3 is 2.47 bits per heavy atom. The zero-order chi connectivity index (χ0) is 21.5. The Bertz CT molecular complexity index is 1030. The molecule has 1 unspecified atom stereocenters. The van der Waals surface area contributed by atoms with Crippen LogP contribution in [0.4, 0.5) is 5.69 Å². The molecule has 3 aromatic carbocycles. The van der Waals surface area contributed by atoms with Crippen LogP contribution in [0.1, 0.15) is 18.5 Å². The van der Waals surface area contributed by atoms with Crippen molar-refractivity contribution in [2.75, 3.05) is 32.6 Å². The van der Waals surface area contributed by atoms with Gasteiger partial charge in [-0.25, -0.2) is 0 Å². The van der Waals surface area contributed by atoms with Crippen LogP contribution in [-0.4, -0.2) is 44.0 Å². The Balaban J connectivity index is 1.53. The minimum absolute atomic E-state index is 0.104. The molecule has 0 fully saturated rings. The lowest BCUT2D eigenvalue weighted by atomic mass is 10.00. The summed E-state index contributed by atoms with van der Waals surface area (Å²) in [5.41, 5.74) is 1.72. The third-order valence-corrected chi connectivity index (χ3v) is 4.85. The summed E-state index contributed by atoms with van der Waals surface area (Å²) in [4.78, 5) is 26.4. The van der Waals surface area contributed by atoms with Crippen LogP contribution in [0, 0.1) is 0 Å². The number of fused-ring (bicyclic) bond motifs is 1. The molecule has 3 aromatic rings. The maximum Gasteiger partial charge on any atom is 0.238 e. The molecule has 0 aromatic heterocycles. The van der Waals surface area contributed by atoms with Crippen molar-refractivity contribution in [2.24, 2.45) is 0 Å². The maximum absolute atomic E-state index is 12.5. The van der Waals surface area contributed by atoms with E-state index in [1.165, 1.54) is 0 Å². The largest absolute Gasteiger partial charge is 0.497 e. The van der Waals surface area contributed by atoms with Crippen LogP contribution in [0.3, 0.4) is 0 Å². The summed E-state index contributed by atoms with van der Waals surface area (Å²) in [5, 5.41) is 8.11. The van der Waals surface area contributed by atoms with Crippen molar-refractivity contribution in [1.82, 2.24) is 10.2 Å². The van der Waals surface area contributed by atoms with Crippen LogP contribution in [0.5, 0.6) is 5.75 Å². The van der Waals surface area contributed by atoms with E-state index in [1.807, 2.05) is 37.3 Å². The molecule has 3 rings (SSSR count). The molecule has 0 aliphatic heterocycles. The number of rotatable bonds is 8. The van der Waals surface area contributed by atoms with Gasteiger partial charge in [0.2, 0.25) is 11.8 Å². The fourth-order valence-electron chi connectivity index (χ4n) is 3.44. The highest BCUT2D eigenvalue weighted by Gasteiger charge is 2.15. The number of nitrogens with zero attached hydrogens (tertiary/aromatic N) is 1. The van der Waals surface area contributed by atoms with Crippen LogP contribution in [0.25, 0.3) is 10.8 Å². The van der Waals surface area contributed by atoms with Gasteiger partial charge in [-0.3, -0.25) is 14.5 Å². The third kappa shape index (κ3) is 5.58. The smallest absolute Gasteiger partial charge is 0.238 e. The lowest BCUT2D eigenvalue weighted by molar-refractivity contribution is -0.123. The molecule has 0 aliphatic rings. The highest BCUT2D eigenvalue weighted by atomic mass is 16.5. The van der Waals surface area contributed by atoms with Gasteiger partial charge in [-0.2, -0.15) is 0 Å². The zero-order valence-electron chi connectivity index (χ0n) is 17.5. The van der Waals surface area contributed by atoms with Gasteiger partial charge in [-0.15, -0.1) is 0 Å². The van der Waals surface area contributed by atoms with Crippen molar-refractivity contribution in [2.45, 2.75) is 13.0 Å². The minimum Gasteiger partial charge on any atom is -0.497 e. The first-order valence-corrected chi connectivity index (χ1v) is 9.85. The molecule has 0 aliphatic carbocycles. The van der Waals surface area contributed by atoms with E-state index in [2.05, 4.69) is 28.8 Å². The summed E-state index contributed by atoms with van der Waals surface area (Å²) in [6, 6.07) is 21.2. The van der Waals surface area contributed by atoms with E-state index >= 15 is 0 Å². The number of benzene rings is 3. The van der Waals surface area contributed by atoms with E-state index < -0.39 is 0 Å². The molecule has 1 atom stereocenters. The summed E-state index contributed by atoms with van der Waals surface area (Å²) in [6.45, 7) is 2.20. The Kier molecular flexibility index (Phi) is 7.03. The Labute approximate surface area is 176 Å². The second-order valence-electron chi connectivity index (χ2n) is 7.31. The van der Waals surface area contributed by atoms with E-state index in [4.69, 9.17) is 4.74 Å². The molecular formula is C24H27N3O3. The lowest BCUT2D eigenvalue weighted by Crippen LogP contribution is -2.39. The van der Waals surface area contributed by atoms with Crippen molar-refractivity contribution in [3.05, 3.63) is 72.3 Å². The van der Waals surface area contributed by atoms with Gasteiger partial charge in [0.1, 0.15) is 5.75 Å². The van der Waals surface area contributed by atoms with Crippen molar-refractivity contribution in [1.29, 1.82) is 0 Å². The number of amides is 2. The third-order valence-electron chi connectivity index (χ3n) is 4.85. The number of anilines is 1. The molecule has 0 saturated heterocycles. The molecule has 0 spiro atoms. The molecule has 6 heteroatoms. The normalized spacial score (nSPS) is 11.9. The molecule has 0 radical (unpaired) electrons. The first kappa shape index (κ1) is 21.3. The van der Waals surface area contributed by atoms with Gasteiger partial charge in [-0.05, 0) is 42.4 Å². The van der Waals surface area contributed by atoms with E-state index in [0.717, 1.165) is 16.3 Å². The topological polar surface area (TPSA) is 70.7 Å². The average Bonchev–Trinajstić information content (AvgIpc) is 2.73. The van der Waals surface area contributed by atoms with E-state index in [-0.39, 0.29) is 30.9 Å². The van der Waals surface area contributed by atoms with E-state index in [1.54, 1.807) is 37.3 Å². The van der Waals surface area contributed by atoms with Gasteiger partial charge in [0.25, 0.3) is 0 Å². The number of methoxy groups -OCH3 is 1. The average molecular weight is 405 g/mol. The summed E-state index contributed by atoms with van der Waals surface area (Å²) < 4.78 is 5.16. The molecule has 6 nitrogen and oxygen atoms in total. The number of ether oxygens (including phenoxy) is 1. The van der Waals surface area contributed by atoms with Crippen LogP contribution in [0.15, 0.2) is 66.7 Å². The standard InChI is InChI=1S/C24H27N3O3/c1-17(21-13-6-9-18-8-4-5-12-22(18)21)25-23(28)15-27(2)16-24(29)26-19-10-7-11-20(14-19)30-3/h4-14,17H,15-16H2,1-3H3,(H,25,28)(H,26,29). The van der Waals surface area contributed by atoms with Crippen LogP contribution in [-0.2, 0) is 9.59 Å². The SMILES string of the molecule is COc1cccc(NC(=O)CN(C)CC(=O)NC(C)c2cccc3ccccc23)c1. The monoisotopic (exact) mass is 405 g/mol. The van der Waals surface area contributed by atoms with E-state index in [0.29, 0.717) is 11.4 Å². The number of likely N-dealkylation sites (N-methyl/N-ethyl adjacent to an activating group) is 1. The fraction of sp³-hybridized carbons (Fsp3) is 0.250. The molecular weight excluding hydrogens is 378 g/mol. The van der Waals surface area contributed by atoms with Crippen molar-refractivity contribution in [3.63, 3.8) is 0 Å². The molecule has 0 bridgehead atoms. The van der Waals surface area contributed by atoms with Crippen molar-refractivity contribution in [3.8, 4) is 5.75 Å². The van der Waals surface area contributed by atoms with Gasteiger partial charge in [-0.1, -0.05) is 48.5 Å². The molecule has 156 valence electrons. The molecule has 2 N–H and O–H groups in total. The maximum atomic E-state index is 12.5. The van der Waals surface area contributed by atoms with Crippen LogP contribution < -0.4 is 15.4 Å². The quantitative estimate of drug-likeness (QED) is 0.601. The van der Waals surface area contributed by atoms with E-state index in [9.17, 15) is 9.59 Å². The highest BCUT2D eigenvalue weighted by Crippen LogP contribution is 2.24. The summed E-state index contributed by atoms with van der Waals surface area (Å²) >= 11 is 0. The number of carbonyl (C=O) groups excluding carboxylic acids is 2. The number of hydrogen-bond acceptors (Lipinski definition) is 4. The number of nitrogens with one attached hydrogen (secondary N) is 2. The van der Waals surface area contributed by atoms with Gasteiger partial charge in [0.15, 0.2) is 0 Å². The molecule has 2 amide bonds. The highest BCUT2D eigenvalue weighted by molar-refractivity contribution is 5.93. The number of hydrogen-bond donors (Lipinski definition) is 2. The van der Waals surface area contributed by atoms with Crippen LogP contribution >= 0.6 is 0 Å². The first-order valence-electron chi connectivity index (χ1n) is 9.85. The lowest BCUT2D eigenvalue weighted by Gasteiger charge is -2.20. The minimum atomic E-state index is -0.194. The summed E-state index contributed by atoms with van der Waals surface area (Å²) in [5.74, 6) is 0.343. The van der Waals surface area contributed by atoms with Crippen LogP contribution in [0.2, 0.25) is 0 Å².